The zero-order valence-corrected chi connectivity index (χ0v) is 19.9. The number of carbonyl (C=O) groups is 2. The van der Waals surface area contributed by atoms with E-state index in [-0.39, 0.29) is 11.7 Å². The van der Waals surface area contributed by atoms with Crippen molar-refractivity contribution >= 4 is 39.3 Å². The fourth-order valence-electron chi connectivity index (χ4n) is 4.18. The van der Waals surface area contributed by atoms with Gasteiger partial charge in [-0.15, -0.1) is 0 Å². The van der Waals surface area contributed by atoms with Crippen LogP contribution in [0.5, 0.6) is 0 Å². The van der Waals surface area contributed by atoms with Crippen molar-refractivity contribution in [3.63, 3.8) is 0 Å². The molecular weight excluding hydrogens is 440 g/mol. The molecule has 6 heteroatoms. The Morgan fingerprint density at radius 2 is 1.60 bits per heavy atom. The fraction of sp³-hybridized carbons (Fsp3) is 0.276. The third-order valence-electron chi connectivity index (χ3n) is 6.08. The summed E-state index contributed by atoms with van der Waals surface area (Å²) in [6.45, 7) is 2.01. The number of benzene rings is 2. The molecule has 2 aromatic carbocycles. The molecule has 0 aliphatic rings. The Balaban J connectivity index is 1.31. The summed E-state index contributed by atoms with van der Waals surface area (Å²) < 4.78 is 10.7. The maximum atomic E-state index is 13.0. The van der Waals surface area contributed by atoms with E-state index in [1.807, 2.05) is 36.4 Å². The lowest BCUT2D eigenvalue weighted by atomic mass is 9.94. The molecule has 4 aromatic rings. The molecule has 6 nitrogen and oxygen atoms in total. The molecule has 35 heavy (non-hydrogen) atoms. The fourth-order valence-corrected chi connectivity index (χ4v) is 4.18. The average molecular weight is 471 g/mol. The highest BCUT2D eigenvalue weighted by Gasteiger charge is 2.24. The van der Waals surface area contributed by atoms with E-state index >= 15 is 0 Å². The second-order valence-corrected chi connectivity index (χ2v) is 8.85. The first-order valence-electron chi connectivity index (χ1n) is 11.9. The third kappa shape index (κ3) is 6.57. The van der Waals surface area contributed by atoms with Gasteiger partial charge in [0.15, 0.2) is 0 Å². The van der Waals surface area contributed by atoms with E-state index in [1.54, 1.807) is 31.6 Å². The molecule has 0 saturated heterocycles. The first kappa shape index (κ1) is 24.2. The van der Waals surface area contributed by atoms with E-state index in [0.717, 1.165) is 46.8 Å². The molecule has 0 aliphatic carbocycles. The van der Waals surface area contributed by atoms with Gasteiger partial charge < -0.3 is 19.6 Å². The molecule has 2 heterocycles. The number of rotatable bonds is 12. The Labute approximate surface area is 204 Å². The van der Waals surface area contributed by atoms with Crippen molar-refractivity contribution in [3.8, 4) is 0 Å². The number of hydrogen-bond donors (Lipinski definition) is 2. The summed E-state index contributed by atoms with van der Waals surface area (Å²) in [5.74, 6) is -1.10. The van der Waals surface area contributed by atoms with Crippen LogP contribution in [-0.2, 0) is 22.6 Å². The minimum atomic E-state index is -0.759. The minimum absolute atomic E-state index is 0.0645. The van der Waals surface area contributed by atoms with Gasteiger partial charge in [-0.2, -0.15) is 0 Å². The number of Topliss-reactive ketones (excluding diaryl/α,β-unsaturated/α-hetero) is 1. The Morgan fingerprint density at radius 3 is 2.29 bits per heavy atom. The highest BCUT2D eigenvalue weighted by atomic mass is 16.3. The van der Waals surface area contributed by atoms with Gasteiger partial charge in [-0.1, -0.05) is 18.2 Å². The van der Waals surface area contributed by atoms with Gasteiger partial charge in [0.05, 0.1) is 18.4 Å². The largest absolute Gasteiger partial charge is 0.464 e. The second-order valence-electron chi connectivity index (χ2n) is 8.85. The molecule has 4 rings (SSSR count). The van der Waals surface area contributed by atoms with E-state index in [2.05, 4.69) is 17.4 Å². The van der Waals surface area contributed by atoms with Crippen LogP contribution in [0.1, 0.15) is 43.7 Å². The van der Waals surface area contributed by atoms with Crippen LogP contribution in [0.3, 0.4) is 0 Å². The molecule has 1 unspecified atom stereocenters. The zero-order chi connectivity index (χ0) is 24.6. The molecule has 0 bridgehead atoms. The Hall–Kier alpha value is -3.93. The van der Waals surface area contributed by atoms with Gasteiger partial charge in [0.25, 0.3) is 0 Å². The summed E-state index contributed by atoms with van der Waals surface area (Å²) in [4.78, 5) is 25.9. The van der Waals surface area contributed by atoms with Crippen molar-refractivity contribution < 1.29 is 18.4 Å². The number of allylic oxidation sites excluding steroid dienone is 2. The van der Waals surface area contributed by atoms with Crippen molar-refractivity contribution in [1.82, 2.24) is 5.32 Å². The molecule has 2 aromatic heterocycles. The monoisotopic (exact) mass is 470 g/mol. The lowest BCUT2D eigenvalue weighted by Crippen LogP contribution is -2.34. The predicted molar refractivity (Wildman–Crippen MR) is 137 cm³/mol. The first-order chi connectivity index (χ1) is 17.0. The second kappa shape index (κ2) is 11.5. The van der Waals surface area contributed by atoms with E-state index in [1.165, 1.54) is 5.56 Å². The lowest BCUT2D eigenvalue weighted by Gasteiger charge is -2.15. The standard InChI is InChI=1S/C29H30N2O4/c1-20(30)5-4-7-25(29(33)31-19-22-10-12-28-24(18-22)14-16-35-28)26(32)8-3-2-6-21-9-11-27-23(17-21)13-15-34-27/h4-5,9-18,25,30H,2-3,6-8,19H2,1H3,(H,31,33)/b5-4+,30-20?. The van der Waals surface area contributed by atoms with Gasteiger partial charge in [-0.25, -0.2) is 0 Å². The summed E-state index contributed by atoms with van der Waals surface area (Å²) in [5.41, 5.74) is 4.21. The molecular formula is C29H30N2O4. The summed E-state index contributed by atoms with van der Waals surface area (Å²) in [6, 6.07) is 15.7. The van der Waals surface area contributed by atoms with Crippen LogP contribution in [0.15, 0.2) is 82.0 Å². The van der Waals surface area contributed by atoms with Crippen LogP contribution in [-0.4, -0.2) is 17.4 Å². The summed E-state index contributed by atoms with van der Waals surface area (Å²) >= 11 is 0. The minimum Gasteiger partial charge on any atom is -0.464 e. The van der Waals surface area contributed by atoms with Crippen LogP contribution in [0.2, 0.25) is 0 Å². The summed E-state index contributed by atoms with van der Waals surface area (Å²) in [7, 11) is 0. The SMILES string of the molecule is CC(=N)/C=C/CC(C(=O)CCCCc1ccc2occc2c1)C(=O)NCc1ccc2occc2c1. The predicted octanol–water partition coefficient (Wildman–Crippen LogP) is 6.38. The normalized spacial score (nSPS) is 12.4. The van der Waals surface area contributed by atoms with Gasteiger partial charge in [0.2, 0.25) is 5.91 Å². The average Bonchev–Trinajstić information content (AvgIpc) is 3.51. The maximum absolute atomic E-state index is 13.0. The zero-order valence-electron chi connectivity index (χ0n) is 19.9. The van der Waals surface area contributed by atoms with Crippen molar-refractivity contribution in [2.24, 2.45) is 5.92 Å². The lowest BCUT2D eigenvalue weighted by molar-refractivity contribution is -0.134. The van der Waals surface area contributed by atoms with Crippen LogP contribution in [0, 0.1) is 11.3 Å². The van der Waals surface area contributed by atoms with Gasteiger partial charge in [-0.3, -0.25) is 9.59 Å². The molecule has 0 spiro atoms. The van der Waals surface area contributed by atoms with Crippen molar-refractivity contribution in [3.05, 3.63) is 84.3 Å². The Bertz CT molecular complexity index is 1360. The number of nitrogens with one attached hydrogen (secondary N) is 2. The molecule has 180 valence electrons. The maximum Gasteiger partial charge on any atom is 0.231 e. The number of furan rings is 2. The highest BCUT2D eigenvalue weighted by molar-refractivity contribution is 6.01. The van der Waals surface area contributed by atoms with Gasteiger partial charge in [0.1, 0.15) is 16.9 Å². The molecule has 1 amide bonds. The van der Waals surface area contributed by atoms with Gasteiger partial charge in [-0.05, 0) is 86.2 Å². The number of unbranched alkanes of at least 4 members (excludes halogenated alkanes) is 1. The van der Waals surface area contributed by atoms with E-state index in [9.17, 15) is 9.59 Å². The topological polar surface area (TPSA) is 96.3 Å². The van der Waals surface area contributed by atoms with E-state index in [4.69, 9.17) is 14.2 Å². The number of hydrogen-bond acceptors (Lipinski definition) is 5. The quantitative estimate of drug-likeness (QED) is 0.143. The molecule has 0 fully saturated rings. The van der Waals surface area contributed by atoms with Crippen molar-refractivity contribution in [2.75, 3.05) is 0 Å². The van der Waals surface area contributed by atoms with Gasteiger partial charge >= 0.3 is 0 Å². The van der Waals surface area contributed by atoms with Crippen LogP contribution in [0.25, 0.3) is 21.9 Å². The van der Waals surface area contributed by atoms with Crippen LogP contribution < -0.4 is 5.32 Å². The smallest absolute Gasteiger partial charge is 0.231 e. The molecule has 1 atom stereocenters. The highest BCUT2D eigenvalue weighted by Crippen LogP contribution is 2.20. The first-order valence-corrected chi connectivity index (χ1v) is 11.9. The van der Waals surface area contributed by atoms with Crippen molar-refractivity contribution in [2.45, 2.75) is 45.6 Å². The molecule has 0 saturated carbocycles. The van der Waals surface area contributed by atoms with Crippen LogP contribution in [0.4, 0.5) is 0 Å². The third-order valence-corrected chi connectivity index (χ3v) is 6.08. The Kier molecular flexibility index (Phi) is 7.93. The Morgan fingerprint density at radius 1 is 0.943 bits per heavy atom. The number of ketones is 1. The number of aryl methyl sites for hydroxylation is 1. The summed E-state index contributed by atoms with van der Waals surface area (Å²) in [5, 5.41) is 12.5. The molecule has 2 N–H and O–H groups in total. The number of carbonyl (C=O) groups excluding carboxylic acids is 2. The van der Waals surface area contributed by atoms with Crippen molar-refractivity contribution in [1.29, 1.82) is 5.41 Å². The van der Waals surface area contributed by atoms with E-state index in [0.29, 0.717) is 25.1 Å². The van der Waals surface area contributed by atoms with Crippen LogP contribution >= 0.6 is 0 Å². The van der Waals surface area contributed by atoms with Gasteiger partial charge in [0, 0.05) is 29.4 Å². The molecule has 0 radical (unpaired) electrons. The number of fused-ring (bicyclic) bond motifs is 2. The molecule has 0 aliphatic heterocycles. The summed E-state index contributed by atoms with van der Waals surface area (Å²) in [6.07, 6.45) is 9.78. The number of amides is 1. The van der Waals surface area contributed by atoms with E-state index < -0.39 is 5.92 Å².